The van der Waals surface area contributed by atoms with Crippen molar-refractivity contribution in [3.8, 4) is 0 Å². The van der Waals surface area contributed by atoms with Crippen molar-refractivity contribution < 1.29 is 14.3 Å². The highest BCUT2D eigenvalue weighted by molar-refractivity contribution is 6.00. The molecule has 1 unspecified atom stereocenters. The lowest BCUT2D eigenvalue weighted by molar-refractivity contribution is -0.141. The number of hydrogen-bond donors (Lipinski definition) is 1. The highest BCUT2D eigenvalue weighted by atomic mass is 16.5. The SMILES string of the molecule is COC(=O)CC(N)c1ccc2c(c1)CC(=O)N2C. The number of ether oxygens (including phenoxy) is 1. The first kappa shape index (κ1) is 12.6. The molecule has 96 valence electrons. The molecule has 0 aliphatic carbocycles. The summed E-state index contributed by atoms with van der Waals surface area (Å²) >= 11 is 0. The number of nitrogens with two attached hydrogens (primary N) is 1. The summed E-state index contributed by atoms with van der Waals surface area (Å²) in [6, 6.07) is 5.21. The van der Waals surface area contributed by atoms with E-state index in [1.54, 1.807) is 11.9 Å². The normalized spacial score (nSPS) is 15.5. The third-order valence-corrected chi connectivity index (χ3v) is 3.22. The molecule has 5 heteroatoms. The number of rotatable bonds is 3. The van der Waals surface area contributed by atoms with Crippen molar-refractivity contribution >= 4 is 17.6 Å². The molecule has 0 bridgehead atoms. The number of fused-ring (bicyclic) bond motifs is 1. The summed E-state index contributed by atoms with van der Waals surface area (Å²) in [6.07, 6.45) is 0.531. The number of benzene rings is 1. The predicted molar refractivity (Wildman–Crippen MR) is 67.1 cm³/mol. The number of amides is 1. The van der Waals surface area contributed by atoms with E-state index in [1.165, 1.54) is 7.11 Å². The Morgan fingerprint density at radius 1 is 1.56 bits per heavy atom. The summed E-state index contributed by atoms with van der Waals surface area (Å²) in [5.74, 6) is -0.264. The van der Waals surface area contributed by atoms with E-state index in [2.05, 4.69) is 4.74 Å². The average molecular weight is 248 g/mol. The van der Waals surface area contributed by atoms with Gasteiger partial charge in [-0.2, -0.15) is 0 Å². The predicted octanol–water partition coefficient (Wildman–Crippen LogP) is 0.768. The second kappa shape index (κ2) is 4.78. The topological polar surface area (TPSA) is 72.6 Å². The van der Waals surface area contributed by atoms with E-state index in [0.29, 0.717) is 6.42 Å². The Hall–Kier alpha value is -1.88. The number of esters is 1. The van der Waals surface area contributed by atoms with Crippen LogP contribution in [0.2, 0.25) is 0 Å². The molecule has 2 N–H and O–H groups in total. The minimum atomic E-state index is -0.399. The van der Waals surface area contributed by atoms with E-state index in [0.717, 1.165) is 16.8 Å². The van der Waals surface area contributed by atoms with Gasteiger partial charge in [-0.3, -0.25) is 9.59 Å². The first-order valence-corrected chi connectivity index (χ1v) is 5.74. The van der Waals surface area contributed by atoms with Gasteiger partial charge in [-0.15, -0.1) is 0 Å². The molecule has 0 aromatic heterocycles. The fourth-order valence-corrected chi connectivity index (χ4v) is 2.10. The number of nitrogens with zero attached hydrogens (tertiary/aromatic N) is 1. The number of carbonyl (C=O) groups is 2. The van der Waals surface area contributed by atoms with Gasteiger partial charge >= 0.3 is 5.97 Å². The lowest BCUT2D eigenvalue weighted by Crippen LogP contribution is -2.20. The molecule has 0 fully saturated rings. The van der Waals surface area contributed by atoms with Crippen LogP contribution in [-0.4, -0.2) is 26.0 Å². The summed E-state index contributed by atoms with van der Waals surface area (Å²) in [5, 5.41) is 0. The largest absolute Gasteiger partial charge is 0.469 e. The van der Waals surface area contributed by atoms with Gasteiger partial charge in [0, 0.05) is 18.8 Å². The zero-order valence-corrected chi connectivity index (χ0v) is 10.5. The van der Waals surface area contributed by atoms with E-state index in [9.17, 15) is 9.59 Å². The molecule has 0 saturated carbocycles. The second-order valence-corrected chi connectivity index (χ2v) is 4.40. The average Bonchev–Trinajstić information content (AvgIpc) is 2.64. The van der Waals surface area contributed by atoms with Crippen LogP contribution in [0.1, 0.15) is 23.6 Å². The van der Waals surface area contributed by atoms with Crippen molar-refractivity contribution in [2.24, 2.45) is 5.73 Å². The lowest BCUT2D eigenvalue weighted by Gasteiger charge is -2.14. The van der Waals surface area contributed by atoms with Gasteiger partial charge in [0.1, 0.15) is 0 Å². The molecule has 5 nitrogen and oxygen atoms in total. The summed E-state index contributed by atoms with van der Waals surface area (Å²) < 4.78 is 4.59. The van der Waals surface area contributed by atoms with Crippen molar-refractivity contribution in [2.45, 2.75) is 18.9 Å². The van der Waals surface area contributed by atoms with Crippen molar-refractivity contribution in [2.75, 3.05) is 19.1 Å². The third-order valence-electron chi connectivity index (χ3n) is 3.22. The van der Waals surface area contributed by atoms with Gasteiger partial charge in [-0.1, -0.05) is 12.1 Å². The molecule has 0 spiro atoms. The Bertz CT molecular complexity index is 499. The molecule has 1 aliphatic rings. The standard InChI is InChI=1S/C13H16N2O3/c1-15-11-4-3-8(5-9(11)6-12(15)16)10(14)7-13(17)18-2/h3-5,10H,6-7,14H2,1-2H3. The summed E-state index contributed by atoms with van der Waals surface area (Å²) in [7, 11) is 3.09. The van der Waals surface area contributed by atoms with E-state index in [4.69, 9.17) is 5.73 Å². The maximum absolute atomic E-state index is 11.6. The Kier molecular flexibility index (Phi) is 3.34. The lowest BCUT2D eigenvalue weighted by atomic mass is 10.0. The molecular weight excluding hydrogens is 232 g/mol. The van der Waals surface area contributed by atoms with Gasteiger partial charge < -0.3 is 15.4 Å². The molecule has 1 amide bonds. The molecule has 0 saturated heterocycles. The van der Waals surface area contributed by atoms with E-state index in [1.807, 2.05) is 18.2 Å². The minimum absolute atomic E-state index is 0.0729. The zero-order valence-electron chi connectivity index (χ0n) is 10.5. The number of carbonyl (C=O) groups excluding carboxylic acids is 2. The van der Waals surface area contributed by atoms with Crippen LogP contribution < -0.4 is 10.6 Å². The molecule has 0 radical (unpaired) electrons. The van der Waals surface area contributed by atoms with Gasteiger partial charge in [-0.25, -0.2) is 0 Å². The maximum Gasteiger partial charge on any atom is 0.307 e. The molecule has 18 heavy (non-hydrogen) atoms. The quantitative estimate of drug-likeness (QED) is 0.802. The first-order chi connectivity index (χ1) is 8.52. The first-order valence-electron chi connectivity index (χ1n) is 5.74. The molecule has 1 aromatic rings. The van der Waals surface area contributed by atoms with Gasteiger partial charge in [0.25, 0.3) is 0 Å². The number of anilines is 1. The van der Waals surface area contributed by atoms with Crippen LogP contribution in [-0.2, 0) is 20.7 Å². The monoisotopic (exact) mass is 248 g/mol. The van der Waals surface area contributed by atoms with Crippen LogP contribution >= 0.6 is 0 Å². The van der Waals surface area contributed by atoms with E-state index >= 15 is 0 Å². The van der Waals surface area contributed by atoms with Crippen LogP contribution in [0, 0.1) is 0 Å². The van der Waals surface area contributed by atoms with Crippen LogP contribution in [0.15, 0.2) is 18.2 Å². The van der Waals surface area contributed by atoms with Crippen molar-refractivity contribution in [3.63, 3.8) is 0 Å². The van der Waals surface area contributed by atoms with Gasteiger partial charge in [0.05, 0.1) is 20.0 Å². The van der Waals surface area contributed by atoms with Crippen LogP contribution in [0.4, 0.5) is 5.69 Å². The maximum atomic E-state index is 11.6. The molecular formula is C13H16N2O3. The fourth-order valence-electron chi connectivity index (χ4n) is 2.10. The Morgan fingerprint density at radius 2 is 2.28 bits per heavy atom. The van der Waals surface area contributed by atoms with Crippen LogP contribution in [0.25, 0.3) is 0 Å². The van der Waals surface area contributed by atoms with Crippen molar-refractivity contribution in [1.29, 1.82) is 0 Å². The highest BCUT2D eigenvalue weighted by Crippen LogP contribution is 2.30. The van der Waals surface area contributed by atoms with Crippen molar-refractivity contribution in [1.82, 2.24) is 0 Å². The highest BCUT2D eigenvalue weighted by Gasteiger charge is 2.24. The Morgan fingerprint density at radius 3 is 2.94 bits per heavy atom. The van der Waals surface area contributed by atoms with E-state index in [-0.39, 0.29) is 18.3 Å². The van der Waals surface area contributed by atoms with Crippen LogP contribution in [0.3, 0.4) is 0 Å². The molecule has 1 heterocycles. The van der Waals surface area contributed by atoms with Gasteiger partial charge in [-0.05, 0) is 17.2 Å². The summed E-state index contributed by atoms with van der Waals surface area (Å²) in [6.45, 7) is 0. The Balaban J connectivity index is 2.20. The van der Waals surface area contributed by atoms with Gasteiger partial charge in [0.2, 0.25) is 5.91 Å². The summed E-state index contributed by atoms with van der Waals surface area (Å²) in [4.78, 5) is 24.4. The number of methoxy groups -OCH3 is 1. The minimum Gasteiger partial charge on any atom is -0.469 e. The number of hydrogen-bond acceptors (Lipinski definition) is 4. The van der Waals surface area contributed by atoms with Gasteiger partial charge in [0.15, 0.2) is 0 Å². The third kappa shape index (κ3) is 2.22. The molecule has 1 atom stereocenters. The summed E-state index contributed by atoms with van der Waals surface area (Å²) in [5.41, 5.74) is 8.65. The number of likely N-dealkylation sites (N-methyl/N-ethyl adjacent to an activating group) is 1. The fraction of sp³-hybridized carbons (Fsp3) is 0.385. The molecule has 1 aromatic carbocycles. The second-order valence-electron chi connectivity index (χ2n) is 4.40. The molecule has 2 rings (SSSR count). The van der Waals surface area contributed by atoms with E-state index < -0.39 is 6.04 Å². The molecule has 1 aliphatic heterocycles. The van der Waals surface area contributed by atoms with Crippen molar-refractivity contribution in [3.05, 3.63) is 29.3 Å². The Labute approximate surface area is 106 Å². The smallest absolute Gasteiger partial charge is 0.307 e. The zero-order chi connectivity index (χ0) is 13.3. The van der Waals surface area contributed by atoms with Crippen LogP contribution in [0.5, 0.6) is 0 Å².